The second-order valence-corrected chi connectivity index (χ2v) is 9.81. The monoisotopic (exact) mass is 166 g/mol. The second kappa shape index (κ2) is 3.03. The fraction of sp³-hybridized carbons (Fsp3) is 0.800. The third-order valence-corrected chi connectivity index (χ3v) is 5.73. The van der Waals surface area contributed by atoms with Crippen LogP contribution < -0.4 is 0 Å². The maximum atomic E-state index is 3.33. The van der Waals surface area contributed by atoms with Crippen molar-refractivity contribution >= 4 is 8.07 Å². The molecule has 11 heavy (non-hydrogen) atoms. The summed E-state index contributed by atoms with van der Waals surface area (Å²) in [5.41, 5.74) is 0. The molecule has 0 aliphatic carbocycles. The number of hydrogen-bond acceptors (Lipinski definition) is 0. The van der Waals surface area contributed by atoms with Crippen LogP contribution in [0.5, 0.6) is 0 Å². The Morgan fingerprint density at radius 1 is 1.00 bits per heavy atom. The van der Waals surface area contributed by atoms with E-state index in [1.165, 1.54) is 12.1 Å². The van der Waals surface area contributed by atoms with Gasteiger partial charge in [-0.25, -0.2) is 0 Å². The summed E-state index contributed by atoms with van der Waals surface area (Å²) in [7, 11) is -0.892. The molecule has 1 heterocycles. The molecule has 0 aromatic rings. The fourth-order valence-electron chi connectivity index (χ4n) is 2.13. The minimum Gasteiger partial charge on any atom is -0.100 e. The Hall–Kier alpha value is -0.223. The van der Waals surface area contributed by atoms with Crippen molar-refractivity contribution in [2.45, 2.75) is 39.0 Å². The summed E-state index contributed by atoms with van der Waals surface area (Å²) >= 11 is 0. The molecule has 0 spiro atoms. The van der Waals surface area contributed by atoms with Crippen LogP contribution in [-0.4, -0.2) is 8.07 Å². The van der Waals surface area contributed by atoms with E-state index in [2.05, 4.69) is 38.8 Å². The summed E-state index contributed by atoms with van der Waals surface area (Å²) in [5.74, 6) is 7.98. The molecular formula is C10H18Si. The first-order chi connectivity index (χ1) is 4.99. The van der Waals surface area contributed by atoms with Crippen LogP contribution in [0.4, 0.5) is 0 Å². The van der Waals surface area contributed by atoms with E-state index in [1.54, 1.807) is 0 Å². The smallest absolute Gasteiger partial charge is 0.0497 e. The molecule has 0 saturated heterocycles. The van der Waals surface area contributed by atoms with Gasteiger partial charge in [0.25, 0.3) is 0 Å². The first-order valence-corrected chi connectivity index (χ1v) is 7.92. The zero-order valence-corrected chi connectivity index (χ0v) is 9.07. The van der Waals surface area contributed by atoms with Gasteiger partial charge in [-0.05, 0) is 12.1 Å². The van der Waals surface area contributed by atoms with Crippen LogP contribution in [-0.2, 0) is 0 Å². The zero-order chi connectivity index (χ0) is 8.48. The van der Waals surface area contributed by atoms with Crippen molar-refractivity contribution in [1.29, 1.82) is 0 Å². The first-order valence-electron chi connectivity index (χ1n) is 4.51. The fourth-order valence-corrected chi connectivity index (χ4v) is 5.81. The lowest BCUT2D eigenvalue weighted by Crippen LogP contribution is -2.27. The maximum Gasteiger partial charge on any atom is 0.0497 e. The molecule has 0 fully saturated rings. The molecule has 0 nitrogen and oxygen atoms in total. The van der Waals surface area contributed by atoms with Crippen LogP contribution in [0.3, 0.4) is 0 Å². The van der Waals surface area contributed by atoms with Crippen molar-refractivity contribution in [3.8, 4) is 11.8 Å². The summed E-state index contributed by atoms with van der Waals surface area (Å²) in [6, 6.07) is 2.79. The van der Waals surface area contributed by atoms with E-state index in [0.717, 1.165) is 0 Å². The molecule has 1 heteroatoms. The van der Waals surface area contributed by atoms with Gasteiger partial charge >= 0.3 is 0 Å². The Morgan fingerprint density at radius 2 is 1.36 bits per heavy atom. The van der Waals surface area contributed by atoms with E-state index in [-0.39, 0.29) is 0 Å². The number of hydrogen-bond donors (Lipinski definition) is 0. The molecule has 1 aliphatic heterocycles. The van der Waals surface area contributed by atoms with Gasteiger partial charge in [0.2, 0.25) is 0 Å². The van der Waals surface area contributed by atoms with E-state index in [1.807, 2.05) is 0 Å². The quantitative estimate of drug-likeness (QED) is 0.383. The Bertz CT molecular complexity index is 177. The van der Waals surface area contributed by atoms with Gasteiger partial charge in [-0.1, -0.05) is 26.9 Å². The van der Waals surface area contributed by atoms with Crippen molar-refractivity contribution < 1.29 is 0 Å². The Morgan fingerprint density at radius 3 is 1.73 bits per heavy atom. The summed E-state index contributed by atoms with van der Waals surface area (Å²) < 4.78 is 0. The van der Waals surface area contributed by atoms with E-state index in [0.29, 0.717) is 11.8 Å². The zero-order valence-electron chi connectivity index (χ0n) is 8.07. The Kier molecular flexibility index (Phi) is 2.44. The van der Waals surface area contributed by atoms with Crippen molar-refractivity contribution in [1.82, 2.24) is 0 Å². The largest absolute Gasteiger partial charge is 0.100 e. The average Bonchev–Trinajstić information content (AvgIpc) is 1.89. The van der Waals surface area contributed by atoms with Gasteiger partial charge in [0.05, 0.1) is 0 Å². The molecule has 0 N–H and O–H groups in total. The average molecular weight is 166 g/mol. The van der Waals surface area contributed by atoms with Gasteiger partial charge in [0.1, 0.15) is 0 Å². The lowest BCUT2D eigenvalue weighted by atomic mass is 10.2. The SMILES string of the molecule is CC1C#CC(C)C[Si](C)(C)C1. The summed E-state index contributed by atoms with van der Waals surface area (Å²) in [6.45, 7) is 9.49. The Labute approximate surface area is 71.4 Å². The summed E-state index contributed by atoms with van der Waals surface area (Å²) in [4.78, 5) is 0. The van der Waals surface area contributed by atoms with E-state index in [4.69, 9.17) is 0 Å². The predicted molar refractivity (Wildman–Crippen MR) is 53.2 cm³/mol. The molecule has 0 aromatic heterocycles. The normalized spacial score (nSPS) is 35.3. The molecular weight excluding hydrogens is 148 g/mol. The highest BCUT2D eigenvalue weighted by Gasteiger charge is 2.26. The molecule has 0 radical (unpaired) electrons. The second-order valence-electron chi connectivity index (χ2n) is 4.66. The van der Waals surface area contributed by atoms with Crippen LogP contribution >= 0.6 is 0 Å². The first kappa shape index (κ1) is 8.87. The van der Waals surface area contributed by atoms with Crippen LogP contribution in [0.15, 0.2) is 0 Å². The van der Waals surface area contributed by atoms with Crippen molar-refractivity contribution in [3.05, 3.63) is 0 Å². The Balaban J connectivity index is 2.70. The van der Waals surface area contributed by atoms with Crippen molar-refractivity contribution in [2.75, 3.05) is 0 Å². The molecule has 0 amide bonds. The van der Waals surface area contributed by atoms with Gasteiger partial charge in [0.15, 0.2) is 0 Å². The van der Waals surface area contributed by atoms with E-state index >= 15 is 0 Å². The highest BCUT2D eigenvalue weighted by Crippen LogP contribution is 2.27. The highest BCUT2D eigenvalue weighted by atomic mass is 28.3. The molecule has 1 aliphatic rings. The predicted octanol–water partition coefficient (Wildman–Crippen LogP) is 2.98. The topological polar surface area (TPSA) is 0 Å². The van der Waals surface area contributed by atoms with Gasteiger partial charge in [-0.2, -0.15) is 0 Å². The minimum absolute atomic E-state index is 0.654. The van der Waals surface area contributed by atoms with Crippen LogP contribution in [0.2, 0.25) is 25.2 Å². The molecule has 0 saturated carbocycles. The standard InChI is InChI=1S/C10H18Si/c1-9-5-6-10(2)8-11(3,4)7-9/h9-10H,7-8H2,1-4H3. The number of rotatable bonds is 0. The summed E-state index contributed by atoms with van der Waals surface area (Å²) in [5, 5.41) is 0. The highest BCUT2D eigenvalue weighted by molar-refractivity contribution is 6.77. The minimum atomic E-state index is -0.892. The lowest BCUT2D eigenvalue weighted by Gasteiger charge is -2.23. The summed E-state index contributed by atoms with van der Waals surface area (Å²) in [6.07, 6.45) is 0. The van der Waals surface area contributed by atoms with E-state index < -0.39 is 8.07 Å². The van der Waals surface area contributed by atoms with Gasteiger partial charge in [0, 0.05) is 19.9 Å². The molecule has 1 rings (SSSR count). The third-order valence-electron chi connectivity index (χ3n) is 2.29. The van der Waals surface area contributed by atoms with Gasteiger partial charge < -0.3 is 0 Å². The molecule has 2 atom stereocenters. The molecule has 0 aromatic carbocycles. The van der Waals surface area contributed by atoms with Crippen LogP contribution in [0.1, 0.15) is 13.8 Å². The molecule has 0 bridgehead atoms. The van der Waals surface area contributed by atoms with E-state index in [9.17, 15) is 0 Å². The third kappa shape index (κ3) is 2.71. The molecule has 62 valence electrons. The van der Waals surface area contributed by atoms with Gasteiger partial charge in [-0.15, -0.1) is 11.8 Å². The van der Waals surface area contributed by atoms with Crippen LogP contribution in [0.25, 0.3) is 0 Å². The molecule has 2 unspecified atom stereocenters. The van der Waals surface area contributed by atoms with Crippen LogP contribution in [0, 0.1) is 23.7 Å². The van der Waals surface area contributed by atoms with Crippen molar-refractivity contribution in [3.63, 3.8) is 0 Å². The van der Waals surface area contributed by atoms with Crippen molar-refractivity contribution in [2.24, 2.45) is 11.8 Å². The maximum absolute atomic E-state index is 3.33. The lowest BCUT2D eigenvalue weighted by molar-refractivity contribution is 0.825. The van der Waals surface area contributed by atoms with Gasteiger partial charge in [-0.3, -0.25) is 0 Å².